The molecule has 1 aromatic heterocycles. The summed E-state index contributed by atoms with van der Waals surface area (Å²) in [7, 11) is 2.60. The minimum Gasteiger partial charge on any atom is -0.870 e. The van der Waals surface area contributed by atoms with Crippen LogP contribution in [0.25, 0.3) is 0 Å². The average Bonchev–Trinajstić information content (AvgIpc) is 3.65. The Bertz CT molecular complexity index is 1240. The largest absolute Gasteiger partial charge is 1.00 e. The Morgan fingerprint density at radius 2 is 1.47 bits per heavy atom. The Morgan fingerprint density at radius 3 is 1.91 bits per heavy atom. The van der Waals surface area contributed by atoms with Gasteiger partial charge in [-0.15, -0.1) is 47.7 Å². The van der Waals surface area contributed by atoms with Crippen molar-refractivity contribution >= 4 is 115 Å². The number of esters is 2. The van der Waals surface area contributed by atoms with Crippen molar-refractivity contribution in [2.45, 2.75) is 36.8 Å². The molecule has 1 fully saturated rings. The molecule has 1 saturated heterocycles. The van der Waals surface area contributed by atoms with Gasteiger partial charge in [0.2, 0.25) is 0 Å². The number of aromatic amines is 2. The van der Waals surface area contributed by atoms with Crippen LogP contribution in [0.1, 0.15) is 26.0 Å². The number of ketones is 1. The minimum absolute atomic E-state index is 0. The maximum Gasteiger partial charge on any atom is 1.00 e. The molecule has 0 radical (unpaired) electrons. The summed E-state index contributed by atoms with van der Waals surface area (Å²) in [5.41, 5.74) is 14.1. The molecule has 45 heavy (non-hydrogen) atoms. The van der Waals surface area contributed by atoms with Gasteiger partial charge in [-0.2, -0.15) is 0 Å². The number of nitrogens with one attached hydrogen (secondary N) is 3. The van der Waals surface area contributed by atoms with Gasteiger partial charge >= 0.3 is 110 Å². The van der Waals surface area contributed by atoms with Crippen molar-refractivity contribution in [3.63, 3.8) is 0 Å². The number of allylic oxidation sites excluding steroid dienone is 1. The van der Waals surface area contributed by atoms with Gasteiger partial charge < -0.3 is 42.5 Å². The normalized spacial score (nSPS) is 14.8. The quantitative estimate of drug-likeness (QED) is 0.0726. The van der Waals surface area contributed by atoms with Gasteiger partial charge in [0.15, 0.2) is 11.0 Å². The number of ether oxygens (including phenoxy) is 2. The van der Waals surface area contributed by atoms with E-state index in [-0.39, 0.29) is 66.2 Å². The van der Waals surface area contributed by atoms with Crippen LogP contribution in [0.15, 0.2) is 25.1 Å². The molecule has 0 saturated carbocycles. The molecule has 1 aromatic rings. The van der Waals surface area contributed by atoms with E-state index >= 15 is 0 Å². The number of hydrogen-bond acceptors (Lipinski definition) is 13. The van der Waals surface area contributed by atoms with Crippen molar-refractivity contribution < 1.29 is 81.7 Å². The number of rotatable bonds is 3. The number of aromatic nitrogens is 2. The number of fused-ring (bicyclic) bond motifs is 1. The molecule has 0 aliphatic carbocycles. The molecule has 4 rings (SSSR count). The molecule has 24 heteroatoms. The summed E-state index contributed by atoms with van der Waals surface area (Å²) in [6.07, 6.45) is 1.93. The molecule has 10 N–H and O–H groups in total. The predicted octanol–water partition coefficient (Wildman–Crippen LogP) is -4.19. The standard InChI is InChI=1S/C7H10N2O3S.C6H6N2O2S.C6H8O3S.CH4N2O.CH4.ClH.I3.Na.H2O/c1-12-6(10)5-4(2-3-13-5)9-7(8)11;9-5-4-3(1-2-11-4)7-6(10)8-5;1-9-6(8)5-4(7)2-3-10-5;2-1(3)4;;;1-3-2;;/h2-3H2,1H3,(H3,8,9,11);1-2H2,(H2,7,8,9,10);5H,2-3H2,1H3;(H4,2,3,4);1H4;1H;;;1H2/q;;;;;;-1;+1;/p-1. The second-order valence-electron chi connectivity index (χ2n) is 7.15. The van der Waals surface area contributed by atoms with Gasteiger partial charge in [0, 0.05) is 35.1 Å². The van der Waals surface area contributed by atoms with Gasteiger partial charge in [-0.25, -0.2) is 19.2 Å². The monoisotopic (exact) mass is 1060 g/mol. The van der Waals surface area contributed by atoms with E-state index in [1.54, 1.807) is 0 Å². The number of Topliss-reactive ketones (excluding diaryl/α,β-unsaturated/α-hetero) is 1. The van der Waals surface area contributed by atoms with Crippen LogP contribution in [0, 0.1) is 0 Å². The van der Waals surface area contributed by atoms with Gasteiger partial charge in [-0.3, -0.25) is 19.4 Å². The maximum atomic E-state index is 11.1. The molecular formula is C21H34ClI3N6NaO10S3-. The third kappa shape index (κ3) is 23.1. The molecule has 3 aliphatic heterocycles. The third-order valence-electron chi connectivity index (χ3n) is 4.43. The molecule has 3 aliphatic rings. The second-order valence-corrected chi connectivity index (χ2v) is 26.8. The van der Waals surface area contributed by atoms with Gasteiger partial charge in [-0.05, 0) is 12.8 Å². The number of methoxy groups -OCH3 is 2. The minimum atomic E-state index is -0.833. The van der Waals surface area contributed by atoms with E-state index in [1.165, 1.54) is 49.5 Å². The number of nitrogens with two attached hydrogens (primary N) is 3. The molecule has 0 spiro atoms. The first kappa shape index (κ1) is 54.5. The van der Waals surface area contributed by atoms with Crippen LogP contribution in [-0.2, 0) is 30.3 Å². The van der Waals surface area contributed by atoms with Crippen LogP contribution in [0.3, 0.4) is 0 Å². The summed E-state index contributed by atoms with van der Waals surface area (Å²) >= 11 is 9.51. The number of thioether (sulfide) groups is 3. The number of carbonyl (C=O) groups is 5. The van der Waals surface area contributed by atoms with Crippen LogP contribution in [0.4, 0.5) is 9.59 Å². The van der Waals surface area contributed by atoms with E-state index < -0.39 is 34.9 Å². The average molecular weight is 1070 g/mol. The van der Waals surface area contributed by atoms with Crippen LogP contribution < -0.4 is 76.6 Å². The van der Waals surface area contributed by atoms with Gasteiger partial charge in [0.25, 0.3) is 5.56 Å². The first-order valence-electron chi connectivity index (χ1n) is 11.0. The number of halogens is 4. The summed E-state index contributed by atoms with van der Waals surface area (Å²) in [4.78, 5) is 79.9. The fraction of sp³-hybridized carbons (Fsp3) is 0.476. The molecule has 16 nitrogen and oxygen atoms in total. The Balaban J connectivity index is -0.000000155. The Labute approximate surface area is 330 Å². The fourth-order valence-electron chi connectivity index (χ4n) is 2.91. The first-order valence-corrected chi connectivity index (χ1v) is 26.5. The first-order chi connectivity index (χ1) is 19.3. The van der Waals surface area contributed by atoms with Crippen molar-refractivity contribution in [1.82, 2.24) is 15.3 Å². The summed E-state index contributed by atoms with van der Waals surface area (Å²) < 4.78 is 8.96. The molecule has 4 heterocycles. The van der Waals surface area contributed by atoms with Crippen molar-refractivity contribution in [3.8, 4) is 0 Å². The molecule has 256 valence electrons. The summed E-state index contributed by atoms with van der Waals surface area (Å²) in [5.74, 6) is 1.56. The molecular weight excluding hydrogens is 1030 g/mol. The summed E-state index contributed by atoms with van der Waals surface area (Å²) in [6, 6.07) is -1.49. The number of urea groups is 2. The van der Waals surface area contributed by atoms with E-state index in [0.717, 1.165) is 29.4 Å². The van der Waals surface area contributed by atoms with Gasteiger partial charge in [0.1, 0.15) is 4.91 Å². The van der Waals surface area contributed by atoms with Crippen LogP contribution >= 0.6 is 84.9 Å². The van der Waals surface area contributed by atoms with E-state index in [1.807, 2.05) is 0 Å². The Kier molecular flexibility index (Phi) is 38.0. The Morgan fingerprint density at radius 1 is 0.933 bits per heavy atom. The van der Waals surface area contributed by atoms with E-state index in [9.17, 15) is 28.8 Å². The third-order valence-corrected chi connectivity index (χ3v) is 7.90. The van der Waals surface area contributed by atoms with Crippen molar-refractivity contribution in [3.05, 3.63) is 37.1 Å². The van der Waals surface area contributed by atoms with Crippen molar-refractivity contribution in [2.24, 2.45) is 17.2 Å². The van der Waals surface area contributed by atoms with Gasteiger partial charge in [-0.1, -0.05) is 7.43 Å². The van der Waals surface area contributed by atoms with Crippen LogP contribution in [-0.4, -0.2) is 82.0 Å². The predicted molar refractivity (Wildman–Crippen MR) is 187 cm³/mol. The van der Waals surface area contributed by atoms with Gasteiger partial charge in [0.05, 0.1) is 19.1 Å². The number of amides is 4. The number of primary amides is 3. The van der Waals surface area contributed by atoms with E-state index in [4.69, 9.17) is 10.5 Å². The summed E-state index contributed by atoms with van der Waals surface area (Å²) in [5, 5.41) is 1.87. The number of carbonyl (C=O) groups excluding carboxylic acids is 5. The smallest absolute Gasteiger partial charge is 0.870 e. The van der Waals surface area contributed by atoms with Crippen molar-refractivity contribution in [2.75, 3.05) is 31.5 Å². The maximum absolute atomic E-state index is 11.1. The molecule has 4 amide bonds. The molecule has 1 atom stereocenters. The zero-order valence-electron chi connectivity index (χ0n) is 23.4. The van der Waals surface area contributed by atoms with Crippen LogP contribution in [0.2, 0.25) is 0 Å². The number of hydrogen-bond donors (Lipinski definition) is 6. The SMILES string of the molecule is C.COC(=O)C1=C(NC(N)=O)CCS1.COC(=O)C1SCCC1=O.Cl.I[I-]I.NC(N)=O.O=c1[nH]c2c(c(=O)[nH]1)SCC2.[Na+].[OH-]. The zero-order chi connectivity index (χ0) is 31.5. The van der Waals surface area contributed by atoms with E-state index in [2.05, 4.69) is 73.5 Å². The molecule has 1 unspecified atom stereocenters. The number of H-pyrrole nitrogens is 2. The fourth-order valence-corrected chi connectivity index (χ4v) is 6.06. The van der Waals surface area contributed by atoms with Crippen molar-refractivity contribution in [1.29, 1.82) is 0 Å². The number of aryl methyl sites for hydroxylation is 1. The Hall–Kier alpha value is 0.0600. The zero-order valence-corrected chi connectivity index (χ0v) is 35.2. The van der Waals surface area contributed by atoms with E-state index in [0.29, 0.717) is 41.6 Å². The van der Waals surface area contributed by atoms with Crippen LogP contribution in [0.5, 0.6) is 0 Å². The molecule has 0 aromatic carbocycles. The summed E-state index contributed by atoms with van der Waals surface area (Å²) in [6.45, 7) is 0. The second kappa shape index (κ2) is 31.3. The topological polar surface area (TPSA) is 290 Å². The molecule has 0 bridgehead atoms.